The highest BCUT2D eigenvalue weighted by Gasteiger charge is 2.13. The maximum atomic E-state index is 10.6. The lowest BCUT2D eigenvalue weighted by Crippen LogP contribution is -2.10. The molecule has 108 valence electrons. The van der Waals surface area contributed by atoms with Crippen LogP contribution in [0.4, 0.5) is 0 Å². The van der Waals surface area contributed by atoms with Gasteiger partial charge >= 0.3 is 5.97 Å². The number of rotatable bonds is 10. The van der Waals surface area contributed by atoms with Gasteiger partial charge in [0.05, 0.1) is 12.4 Å². The first-order valence-corrected chi connectivity index (χ1v) is 7.43. The highest BCUT2D eigenvalue weighted by Crippen LogP contribution is 2.18. The highest BCUT2D eigenvalue weighted by molar-refractivity contribution is 7.99. The molecule has 1 N–H and O–H groups in total. The Bertz CT molecular complexity index is 396. The molecule has 0 aliphatic heterocycles. The number of nitrogens with zero attached hydrogens (tertiary/aromatic N) is 3. The maximum absolute atomic E-state index is 10.6. The summed E-state index contributed by atoms with van der Waals surface area (Å²) in [6, 6.07) is 0. The van der Waals surface area contributed by atoms with Gasteiger partial charge in [-0.25, -0.2) is 0 Å². The van der Waals surface area contributed by atoms with Crippen LogP contribution in [0.15, 0.2) is 5.16 Å². The van der Waals surface area contributed by atoms with Crippen LogP contribution in [0.25, 0.3) is 0 Å². The molecule has 0 aliphatic carbocycles. The molecule has 0 unspecified atom stereocenters. The van der Waals surface area contributed by atoms with Crippen molar-refractivity contribution in [2.75, 3.05) is 19.5 Å². The molecule has 0 radical (unpaired) electrons. The lowest BCUT2D eigenvalue weighted by Gasteiger charge is -2.08. The molecule has 7 heteroatoms. The molecule has 1 aromatic rings. The van der Waals surface area contributed by atoms with Crippen molar-refractivity contribution in [2.24, 2.45) is 0 Å². The molecule has 0 bridgehead atoms. The van der Waals surface area contributed by atoms with Crippen molar-refractivity contribution in [3.05, 3.63) is 5.82 Å². The molecule has 19 heavy (non-hydrogen) atoms. The Morgan fingerprint density at radius 2 is 2.21 bits per heavy atom. The lowest BCUT2D eigenvalue weighted by molar-refractivity contribution is -0.133. The van der Waals surface area contributed by atoms with E-state index in [9.17, 15) is 4.79 Å². The normalized spacial score (nSPS) is 10.8. The Labute approximate surface area is 117 Å². The van der Waals surface area contributed by atoms with Gasteiger partial charge in [-0.2, -0.15) is 0 Å². The van der Waals surface area contributed by atoms with Crippen LogP contribution in [0.1, 0.15) is 32.0 Å². The summed E-state index contributed by atoms with van der Waals surface area (Å²) in [7, 11) is 1.64. The van der Waals surface area contributed by atoms with Crippen LogP contribution >= 0.6 is 11.8 Å². The van der Waals surface area contributed by atoms with Crippen LogP contribution in [0.3, 0.4) is 0 Å². The summed E-state index contributed by atoms with van der Waals surface area (Å²) < 4.78 is 7.04. The predicted molar refractivity (Wildman–Crippen MR) is 73.5 cm³/mol. The SMILES string of the molecule is CCCCCc1nnc(SCC(=O)O)n1CCOC. The van der Waals surface area contributed by atoms with Gasteiger partial charge in [0, 0.05) is 20.1 Å². The molecular formula is C12H21N3O3S. The van der Waals surface area contributed by atoms with Gasteiger partial charge in [-0.15, -0.1) is 10.2 Å². The van der Waals surface area contributed by atoms with Crippen LogP contribution in [0.2, 0.25) is 0 Å². The van der Waals surface area contributed by atoms with Gasteiger partial charge in [0.15, 0.2) is 5.16 Å². The quantitative estimate of drug-likeness (QED) is 0.522. The number of aromatic nitrogens is 3. The van der Waals surface area contributed by atoms with E-state index in [0.717, 1.165) is 31.5 Å². The van der Waals surface area contributed by atoms with Gasteiger partial charge in [0.1, 0.15) is 5.82 Å². The number of thioether (sulfide) groups is 1. The Hall–Kier alpha value is -1.08. The Morgan fingerprint density at radius 1 is 1.42 bits per heavy atom. The summed E-state index contributed by atoms with van der Waals surface area (Å²) in [5.41, 5.74) is 0. The molecule has 1 aromatic heterocycles. The molecule has 0 aliphatic rings. The number of carboxylic acids is 1. The molecular weight excluding hydrogens is 266 g/mol. The summed E-state index contributed by atoms with van der Waals surface area (Å²) in [5, 5.41) is 17.6. The fourth-order valence-electron chi connectivity index (χ4n) is 1.68. The van der Waals surface area contributed by atoms with E-state index in [0.29, 0.717) is 18.3 Å². The van der Waals surface area contributed by atoms with E-state index >= 15 is 0 Å². The minimum absolute atomic E-state index is 0.0000749. The fourth-order valence-corrected chi connectivity index (χ4v) is 2.38. The third kappa shape index (κ3) is 5.61. The van der Waals surface area contributed by atoms with Crippen molar-refractivity contribution >= 4 is 17.7 Å². The monoisotopic (exact) mass is 287 g/mol. The molecule has 0 fully saturated rings. The van der Waals surface area contributed by atoms with Crippen molar-refractivity contribution < 1.29 is 14.6 Å². The zero-order chi connectivity index (χ0) is 14.1. The smallest absolute Gasteiger partial charge is 0.313 e. The summed E-state index contributed by atoms with van der Waals surface area (Å²) in [6.07, 6.45) is 4.27. The number of hydrogen-bond donors (Lipinski definition) is 1. The Morgan fingerprint density at radius 3 is 2.84 bits per heavy atom. The third-order valence-corrected chi connectivity index (χ3v) is 3.59. The average molecular weight is 287 g/mol. The molecule has 0 saturated heterocycles. The number of unbranched alkanes of at least 4 members (excludes halogenated alkanes) is 2. The maximum Gasteiger partial charge on any atom is 0.313 e. The van der Waals surface area contributed by atoms with Crippen LogP contribution in [-0.2, 0) is 22.5 Å². The van der Waals surface area contributed by atoms with E-state index in [-0.39, 0.29) is 5.75 Å². The largest absolute Gasteiger partial charge is 0.481 e. The summed E-state index contributed by atoms with van der Waals surface area (Å²) in [5.74, 6) is 0.0669. The molecule has 0 saturated carbocycles. The van der Waals surface area contributed by atoms with E-state index in [1.807, 2.05) is 4.57 Å². The molecule has 0 spiro atoms. The molecule has 0 atom stereocenters. The van der Waals surface area contributed by atoms with Crippen LogP contribution in [0, 0.1) is 0 Å². The van der Waals surface area contributed by atoms with Crippen LogP contribution in [0.5, 0.6) is 0 Å². The highest BCUT2D eigenvalue weighted by atomic mass is 32.2. The molecule has 0 aromatic carbocycles. The van der Waals surface area contributed by atoms with E-state index in [4.69, 9.17) is 9.84 Å². The molecule has 1 heterocycles. The van der Waals surface area contributed by atoms with E-state index in [2.05, 4.69) is 17.1 Å². The summed E-state index contributed by atoms with van der Waals surface area (Å²) >= 11 is 1.20. The van der Waals surface area contributed by atoms with Crippen molar-refractivity contribution in [2.45, 2.75) is 44.3 Å². The third-order valence-electron chi connectivity index (χ3n) is 2.64. The molecule has 1 rings (SSSR count). The number of ether oxygens (including phenoxy) is 1. The van der Waals surface area contributed by atoms with E-state index < -0.39 is 5.97 Å². The summed E-state index contributed by atoms with van der Waals surface area (Å²) in [4.78, 5) is 10.6. The first-order valence-electron chi connectivity index (χ1n) is 6.44. The summed E-state index contributed by atoms with van der Waals surface area (Å²) in [6.45, 7) is 3.39. The van der Waals surface area contributed by atoms with E-state index in [1.54, 1.807) is 7.11 Å². The number of carbonyl (C=O) groups is 1. The van der Waals surface area contributed by atoms with Gasteiger partial charge in [0.25, 0.3) is 0 Å². The Balaban J connectivity index is 2.69. The lowest BCUT2D eigenvalue weighted by atomic mass is 10.2. The van der Waals surface area contributed by atoms with Gasteiger partial charge in [-0.1, -0.05) is 31.5 Å². The Kier molecular flexibility index (Phi) is 7.50. The zero-order valence-electron chi connectivity index (χ0n) is 11.5. The van der Waals surface area contributed by atoms with Gasteiger partial charge in [-0.05, 0) is 6.42 Å². The standard InChI is InChI=1S/C12H21N3O3S/c1-3-4-5-6-10-13-14-12(19-9-11(16)17)15(10)7-8-18-2/h3-9H2,1-2H3,(H,16,17). The average Bonchev–Trinajstić information content (AvgIpc) is 2.76. The second-order valence-electron chi connectivity index (χ2n) is 4.18. The number of aliphatic carboxylic acids is 1. The number of aryl methyl sites for hydroxylation is 1. The van der Waals surface area contributed by atoms with Crippen molar-refractivity contribution in [1.82, 2.24) is 14.8 Å². The van der Waals surface area contributed by atoms with Crippen molar-refractivity contribution in [3.63, 3.8) is 0 Å². The second-order valence-corrected chi connectivity index (χ2v) is 5.13. The first kappa shape index (κ1) is 16.0. The molecule has 6 nitrogen and oxygen atoms in total. The van der Waals surface area contributed by atoms with Crippen molar-refractivity contribution in [3.8, 4) is 0 Å². The first-order chi connectivity index (χ1) is 9.19. The minimum atomic E-state index is -0.848. The van der Waals surface area contributed by atoms with E-state index in [1.165, 1.54) is 11.8 Å². The van der Waals surface area contributed by atoms with Gasteiger partial charge in [-0.3, -0.25) is 4.79 Å². The fraction of sp³-hybridized carbons (Fsp3) is 0.750. The van der Waals surface area contributed by atoms with Gasteiger partial charge in [0.2, 0.25) is 0 Å². The second kappa shape index (κ2) is 8.92. The van der Waals surface area contributed by atoms with Gasteiger partial charge < -0.3 is 14.4 Å². The van der Waals surface area contributed by atoms with Crippen molar-refractivity contribution in [1.29, 1.82) is 0 Å². The van der Waals surface area contributed by atoms with Crippen LogP contribution < -0.4 is 0 Å². The van der Waals surface area contributed by atoms with Crippen LogP contribution in [-0.4, -0.2) is 45.3 Å². The number of carboxylic acid groups (broad SMARTS) is 1. The minimum Gasteiger partial charge on any atom is -0.481 e. The molecule has 0 amide bonds. The number of hydrogen-bond acceptors (Lipinski definition) is 5. The zero-order valence-corrected chi connectivity index (χ0v) is 12.3. The predicted octanol–water partition coefficient (Wildman–Crippen LogP) is 1.83. The topological polar surface area (TPSA) is 77.2 Å². The number of methoxy groups -OCH3 is 1.